The summed E-state index contributed by atoms with van der Waals surface area (Å²) in [5.41, 5.74) is 2.22. The zero-order valence-corrected chi connectivity index (χ0v) is 23.5. The Kier molecular flexibility index (Phi) is 7.63. The molecule has 2 aliphatic rings. The van der Waals surface area contributed by atoms with Crippen molar-refractivity contribution in [1.29, 1.82) is 0 Å². The van der Waals surface area contributed by atoms with Crippen LogP contribution in [0, 0.1) is 17.5 Å². The van der Waals surface area contributed by atoms with Crippen LogP contribution in [0.5, 0.6) is 5.75 Å². The van der Waals surface area contributed by atoms with Crippen LogP contribution in [0.4, 0.5) is 36.2 Å². The Morgan fingerprint density at radius 2 is 1.75 bits per heavy atom. The van der Waals surface area contributed by atoms with Crippen LogP contribution in [0.3, 0.4) is 0 Å². The van der Waals surface area contributed by atoms with Gasteiger partial charge in [-0.25, -0.2) is 23.1 Å². The summed E-state index contributed by atoms with van der Waals surface area (Å²) in [6.45, 7) is 11.4. The van der Waals surface area contributed by atoms with Gasteiger partial charge >= 0.3 is 0 Å². The van der Waals surface area contributed by atoms with E-state index in [0.717, 1.165) is 32.1 Å². The number of anilines is 4. The van der Waals surface area contributed by atoms with Gasteiger partial charge in [0.2, 0.25) is 5.95 Å². The van der Waals surface area contributed by atoms with Gasteiger partial charge in [-0.3, -0.25) is 0 Å². The molecule has 0 radical (unpaired) electrons. The first-order chi connectivity index (χ1) is 19.0. The van der Waals surface area contributed by atoms with Gasteiger partial charge in [0.1, 0.15) is 17.6 Å². The van der Waals surface area contributed by atoms with E-state index in [2.05, 4.69) is 45.8 Å². The summed E-state index contributed by atoms with van der Waals surface area (Å²) >= 11 is 0. The summed E-state index contributed by atoms with van der Waals surface area (Å²) < 4.78 is 51.0. The summed E-state index contributed by atoms with van der Waals surface area (Å²) in [4.78, 5) is 14.5. The highest BCUT2D eigenvalue weighted by atomic mass is 19.1. The normalized spacial score (nSPS) is 17.9. The van der Waals surface area contributed by atoms with Crippen LogP contribution >= 0.6 is 0 Å². The van der Waals surface area contributed by atoms with Gasteiger partial charge in [-0.15, -0.1) is 0 Å². The van der Waals surface area contributed by atoms with Gasteiger partial charge in [0.05, 0.1) is 23.3 Å². The maximum absolute atomic E-state index is 15.2. The zero-order valence-electron chi connectivity index (χ0n) is 23.5. The number of nitrogens with one attached hydrogen (secondary N) is 1. The molecular weight excluding hydrogens is 517 g/mol. The minimum Gasteiger partial charge on any atom is -0.479 e. The predicted molar refractivity (Wildman–Crippen MR) is 153 cm³/mol. The van der Waals surface area contributed by atoms with Crippen molar-refractivity contribution in [3.05, 3.63) is 66.3 Å². The maximum Gasteiger partial charge on any atom is 0.227 e. The Balaban J connectivity index is 1.40. The average molecular weight is 553 g/mol. The lowest BCUT2D eigenvalue weighted by Crippen LogP contribution is -2.42. The lowest BCUT2D eigenvalue weighted by atomic mass is 10.0. The first-order valence-electron chi connectivity index (χ1n) is 13.5. The van der Waals surface area contributed by atoms with Gasteiger partial charge in [-0.2, -0.15) is 0 Å². The van der Waals surface area contributed by atoms with E-state index in [-0.39, 0.29) is 34.8 Å². The number of ether oxygens (including phenoxy) is 1. The van der Waals surface area contributed by atoms with Gasteiger partial charge in [0.25, 0.3) is 0 Å². The Bertz CT molecular complexity index is 1420. The van der Waals surface area contributed by atoms with E-state index < -0.39 is 17.7 Å². The van der Waals surface area contributed by atoms with Gasteiger partial charge in [0.15, 0.2) is 17.4 Å². The van der Waals surface area contributed by atoms with E-state index in [0.29, 0.717) is 28.8 Å². The molecule has 212 valence electrons. The summed E-state index contributed by atoms with van der Waals surface area (Å²) in [6, 6.07) is 8.15. The highest BCUT2D eigenvalue weighted by Crippen LogP contribution is 2.43. The predicted octanol–water partition coefficient (Wildman–Crippen LogP) is 6.34. The Labute approximate surface area is 233 Å². The standard InChI is InChI=1S/C30H35F3N6O/c1-17(2)39-18(3)19(4)40-29-24(32)13-20(14-27(29)39)28-25(33)16-34-30(36-28)35-21-7-8-26(23(31)15-21)38-11-9-22(10-12-38)37(5)6/h7-8,13-17,19,22H,3,9-12H2,1-2,4-6H3,(H,34,35,36). The van der Waals surface area contributed by atoms with Crippen molar-refractivity contribution in [2.24, 2.45) is 0 Å². The molecule has 5 rings (SSSR count). The maximum atomic E-state index is 15.2. The number of piperidine rings is 1. The monoisotopic (exact) mass is 552 g/mol. The van der Waals surface area contributed by atoms with Crippen LogP contribution in [0.1, 0.15) is 33.6 Å². The second-order valence-corrected chi connectivity index (χ2v) is 10.9. The van der Waals surface area contributed by atoms with Crippen LogP contribution in [0.2, 0.25) is 0 Å². The average Bonchev–Trinajstić information content (AvgIpc) is 2.91. The van der Waals surface area contributed by atoms with E-state index in [1.807, 2.05) is 18.7 Å². The molecule has 0 saturated carbocycles. The molecule has 1 saturated heterocycles. The molecule has 1 unspecified atom stereocenters. The van der Waals surface area contributed by atoms with Crippen molar-refractivity contribution in [2.45, 2.75) is 51.8 Å². The van der Waals surface area contributed by atoms with Crippen molar-refractivity contribution in [1.82, 2.24) is 14.9 Å². The number of aromatic nitrogens is 2. The molecular formula is C30H35F3N6O. The molecule has 2 aliphatic heterocycles. The molecule has 0 aliphatic carbocycles. The quantitative estimate of drug-likeness (QED) is 0.383. The fourth-order valence-corrected chi connectivity index (χ4v) is 5.44. The third-order valence-electron chi connectivity index (χ3n) is 7.63. The third kappa shape index (κ3) is 5.32. The SMILES string of the molecule is C=C1C(C)Oc2c(F)cc(-c3nc(Nc4ccc(N5CCC(N(C)C)CC5)c(F)c4)ncc3F)cc2N1C(C)C. The third-order valence-corrected chi connectivity index (χ3v) is 7.63. The lowest BCUT2D eigenvalue weighted by Gasteiger charge is -2.39. The second-order valence-electron chi connectivity index (χ2n) is 10.9. The number of hydrogen-bond acceptors (Lipinski definition) is 7. The minimum atomic E-state index is -0.715. The van der Waals surface area contributed by atoms with Gasteiger partial charge in [0, 0.05) is 36.4 Å². The van der Waals surface area contributed by atoms with E-state index >= 15 is 8.78 Å². The Hall–Kier alpha value is -3.79. The van der Waals surface area contributed by atoms with Crippen LogP contribution in [-0.4, -0.2) is 60.2 Å². The van der Waals surface area contributed by atoms with Crippen molar-refractivity contribution in [2.75, 3.05) is 42.3 Å². The summed E-state index contributed by atoms with van der Waals surface area (Å²) in [7, 11) is 4.14. The molecule has 3 heterocycles. The highest BCUT2D eigenvalue weighted by Gasteiger charge is 2.32. The van der Waals surface area contributed by atoms with E-state index in [9.17, 15) is 4.39 Å². The summed E-state index contributed by atoms with van der Waals surface area (Å²) in [6.07, 6.45) is 2.55. The fraction of sp³-hybridized carbons (Fsp3) is 0.400. The van der Waals surface area contributed by atoms with Crippen molar-refractivity contribution in [3.63, 3.8) is 0 Å². The molecule has 40 heavy (non-hydrogen) atoms. The largest absolute Gasteiger partial charge is 0.479 e. The highest BCUT2D eigenvalue weighted by molar-refractivity contribution is 5.75. The first kappa shape index (κ1) is 27.8. The molecule has 1 fully saturated rings. The smallest absolute Gasteiger partial charge is 0.227 e. The van der Waals surface area contributed by atoms with Gasteiger partial charge < -0.3 is 24.8 Å². The van der Waals surface area contributed by atoms with Crippen LogP contribution in [0.25, 0.3) is 11.3 Å². The van der Waals surface area contributed by atoms with Crippen LogP contribution in [-0.2, 0) is 0 Å². The number of hydrogen-bond donors (Lipinski definition) is 1. The van der Waals surface area contributed by atoms with Crippen molar-refractivity contribution < 1.29 is 17.9 Å². The summed E-state index contributed by atoms with van der Waals surface area (Å²) in [5, 5.41) is 2.95. The van der Waals surface area contributed by atoms with Crippen molar-refractivity contribution >= 4 is 23.0 Å². The van der Waals surface area contributed by atoms with Gasteiger partial charge in [-0.1, -0.05) is 6.58 Å². The summed E-state index contributed by atoms with van der Waals surface area (Å²) in [5.74, 6) is -1.56. The molecule has 10 heteroatoms. The zero-order chi connectivity index (χ0) is 28.7. The number of halogens is 3. The topological polar surface area (TPSA) is 56.8 Å². The molecule has 2 aromatic carbocycles. The second kappa shape index (κ2) is 11.0. The minimum absolute atomic E-state index is 0.0306. The van der Waals surface area contributed by atoms with Crippen LogP contribution < -0.4 is 19.9 Å². The molecule has 1 atom stereocenters. The lowest BCUT2D eigenvalue weighted by molar-refractivity contribution is 0.229. The fourth-order valence-electron chi connectivity index (χ4n) is 5.44. The number of nitrogens with zero attached hydrogens (tertiary/aromatic N) is 5. The molecule has 3 aromatic rings. The molecule has 0 spiro atoms. The van der Waals surface area contributed by atoms with E-state index in [1.165, 1.54) is 12.1 Å². The van der Waals surface area contributed by atoms with Crippen molar-refractivity contribution in [3.8, 4) is 17.0 Å². The van der Waals surface area contributed by atoms with Crippen LogP contribution in [0.15, 0.2) is 48.8 Å². The first-order valence-corrected chi connectivity index (χ1v) is 13.5. The number of benzene rings is 2. The van der Waals surface area contributed by atoms with E-state index in [1.54, 1.807) is 25.1 Å². The molecule has 0 amide bonds. The van der Waals surface area contributed by atoms with Gasteiger partial charge in [-0.05, 0) is 78.0 Å². The number of fused-ring (bicyclic) bond motifs is 1. The molecule has 7 nitrogen and oxygen atoms in total. The Morgan fingerprint density at radius 1 is 1.02 bits per heavy atom. The number of rotatable bonds is 6. The molecule has 1 N–H and O–H groups in total. The molecule has 0 bridgehead atoms. The van der Waals surface area contributed by atoms with E-state index in [4.69, 9.17) is 4.74 Å². The Morgan fingerprint density at radius 3 is 2.40 bits per heavy atom. The molecule has 1 aromatic heterocycles.